The van der Waals surface area contributed by atoms with Gasteiger partial charge in [0.05, 0.1) is 11.1 Å². The quantitative estimate of drug-likeness (QED) is 0.627. The summed E-state index contributed by atoms with van der Waals surface area (Å²) >= 11 is 0. The Kier molecular flexibility index (Phi) is 6.02. The lowest BCUT2D eigenvalue weighted by Gasteiger charge is -2.08. The second kappa shape index (κ2) is 7.53. The van der Waals surface area contributed by atoms with Gasteiger partial charge < -0.3 is 15.3 Å². The zero-order chi connectivity index (χ0) is 14.3. The van der Waals surface area contributed by atoms with Crippen molar-refractivity contribution < 1.29 is 24.9 Å². The molecule has 0 fully saturated rings. The van der Waals surface area contributed by atoms with E-state index in [0.717, 1.165) is 25.7 Å². The van der Waals surface area contributed by atoms with Crippen LogP contribution in [0.15, 0.2) is 18.2 Å². The third-order valence-corrected chi connectivity index (χ3v) is 2.95. The fourth-order valence-corrected chi connectivity index (χ4v) is 2.02. The molecule has 0 saturated heterocycles. The minimum Gasteiger partial charge on any atom is -0.478 e. The van der Waals surface area contributed by atoms with Crippen molar-refractivity contribution in [2.45, 2.75) is 32.1 Å². The number of carboxylic acids is 2. The van der Waals surface area contributed by atoms with E-state index in [9.17, 15) is 9.59 Å². The molecule has 0 bridgehead atoms. The SMILES string of the molecule is O=C(O)c1cccc(CCCCCCO)c1C(=O)O. The lowest BCUT2D eigenvalue weighted by Crippen LogP contribution is -2.11. The van der Waals surface area contributed by atoms with Crippen molar-refractivity contribution >= 4 is 11.9 Å². The summed E-state index contributed by atoms with van der Waals surface area (Å²) in [5.41, 5.74) is 0.272. The van der Waals surface area contributed by atoms with Gasteiger partial charge in [0.15, 0.2) is 0 Å². The number of aliphatic hydroxyl groups excluding tert-OH is 1. The van der Waals surface area contributed by atoms with Gasteiger partial charge in [-0.15, -0.1) is 0 Å². The Morgan fingerprint density at radius 3 is 2.21 bits per heavy atom. The molecule has 3 N–H and O–H groups in total. The van der Waals surface area contributed by atoms with Gasteiger partial charge in [0.25, 0.3) is 0 Å². The average molecular weight is 266 g/mol. The van der Waals surface area contributed by atoms with Crippen LogP contribution in [0, 0.1) is 0 Å². The van der Waals surface area contributed by atoms with Gasteiger partial charge in [-0.3, -0.25) is 0 Å². The molecule has 0 unspecified atom stereocenters. The van der Waals surface area contributed by atoms with Crippen LogP contribution >= 0.6 is 0 Å². The molecular weight excluding hydrogens is 248 g/mol. The van der Waals surface area contributed by atoms with Crippen LogP contribution in [-0.2, 0) is 6.42 Å². The van der Waals surface area contributed by atoms with Crippen LogP contribution in [0.5, 0.6) is 0 Å². The zero-order valence-corrected chi connectivity index (χ0v) is 10.6. The van der Waals surface area contributed by atoms with E-state index in [1.807, 2.05) is 0 Å². The smallest absolute Gasteiger partial charge is 0.336 e. The Balaban J connectivity index is 2.80. The topological polar surface area (TPSA) is 94.8 Å². The molecule has 0 aliphatic heterocycles. The summed E-state index contributed by atoms with van der Waals surface area (Å²) in [6.45, 7) is 0.162. The lowest BCUT2D eigenvalue weighted by molar-refractivity contribution is 0.0650. The normalized spacial score (nSPS) is 10.4. The van der Waals surface area contributed by atoms with Gasteiger partial charge in [0.1, 0.15) is 0 Å². The van der Waals surface area contributed by atoms with Crippen LogP contribution in [0.2, 0.25) is 0 Å². The first-order valence-electron chi connectivity index (χ1n) is 6.27. The number of unbranched alkanes of at least 4 members (excludes halogenated alkanes) is 3. The first kappa shape index (κ1) is 15.2. The van der Waals surface area contributed by atoms with Crippen LogP contribution in [0.1, 0.15) is 52.0 Å². The maximum atomic E-state index is 11.2. The fourth-order valence-electron chi connectivity index (χ4n) is 2.02. The standard InChI is InChI=1S/C14H18O5/c15-9-4-2-1-3-6-10-7-5-8-11(13(16)17)12(10)14(18)19/h5,7-8,15H,1-4,6,9H2,(H,16,17)(H,18,19). The number of carbonyl (C=O) groups is 2. The molecule has 5 heteroatoms. The molecule has 0 atom stereocenters. The third kappa shape index (κ3) is 4.37. The fraction of sp³-hybridized carbons (Fsp3) is 0.429. The predicted molar refractivity (Wildman–Crippen MR) is 69.6 cm³/mol. The average Bonchev–Trinajstić information content (AvgIpc) is 2.37. The van der Waals surface area contributed by atoms with Gasteiger partial charge in [0.2, 0.25) is 0 Å². The summed E-state index contributed by atoms with van der Waals surface area (Å²) in [6.07, 6.45) is 3.83. The third-order valence-electron chi connectivity index (χ3n) is 2.95. The molecule has 1 aromatic carbocycles. The first-order valence-corrected chi connectivity index (χ1v) is 6.27. The molecule has 19 heavy (non-hydrogen) atoms. The van der Waals surface area contributed by atoms with Crippen molar-refractivity contribution in [1.82, 2.24) is 0 Å². The van der Waals surface area contributed by atoms with Crippen molar-refractivity contribution in [2.75, 3.05) is 6.61 Å². The van der Waals surface area contributed by atoms with Crippen LogP contribution in [0.25, 0.3) is 0 Å². The van der Waals surface area contributed by atoms with Crippen molar-refractivity contribution in [2.24, 2.45) is 0 Å². The molecule has 104 valence electrons. The Hall–Kier alpha value is -1.88. The van der Waals surface area contributed by atoms with Crippen LogP contribution < -0.4 is 0 Å². The first-order chi connectivity index (χ1) is 9.07. The van der Waals surface area contributed by atoms with E-state index in [-0.39, 0.29) is 17.7 Å². The predicted octanol–water partition coefficient (Wildman–Crippen LogP) is 2.18. The van der Waals surface area contributed by atoms with Crippen molar-refractivity contribution in [3.8, 4) is 0 Å². The van der Waals surface area contributed by atoms with E-state index >= 15 is 0 Å². The zero-order valence-electron chi connectivity index (χ0n) is 10.6. The number of aromatic carboxylic acids is 2. The van der Waals surface area contributed by atoms with Crippen LogP contribution in [0.3, 0.4) is 0 Å². The minimum absolute atomic E-state index is 0.114. The van der Waals surface area contributed by atoms with Crippen molar-refractivity contribution in [3.05, 3.63) is 34.9 Å². The molecule has 0 amide bonds. The number of hydrogen-bond donors (Lipinski definition) is 3. The van der Waals surface area contributed by atoms with E-state index in [0.29, 0.717) is 12.0 Å². The summed E-state index contributed by atoms with van der Waals surface area (Å²) in [7, 11) is 0. The Morgan fingerprint density at radius 2 is 1.63 bits per heavy atom. The molecular formula is C14H18O5. The Labute approximate surface area is 111 Å². The number of benzene rings is 1. The molecule has 0 spiro atoms. The number of rotatable bonds is 8. The molecule has 0 aliphatic rings. The highest BCUT2D eigenvalue weighted by Gasteiger charge is 2.19. The highest BCUT2D eigenvalue weighted by molar-refractivity contribution is 6.02. The summed E-state index contributed by atoms with van der Waals surface area (Å²) in [6, 6.07) is 4.53. The van der Waals surface area contributed by atoms with Gasteiger partial charge in [-0.2, -0.15) is 0 Å². The van der Waals surface area contributed by atoms with Gasteiger partial charge in [-0.25, -0.2) is 9.59 Å². The molecule has 1 aromatic rings. The lowest BCUT2D eigenvalue weighted by atomic mass is 9.96. The number of aryl methyl sites for hydroxylation is 1. The molecule has 0 aromatic heterocycles. The van der Waals surface area contributed by atoms with Crippen LogP contribution in [0.4, 0.5) is 0 Å². The molecule has 0 heterocycles. The maximum absolute atomic E-state index is 11.2. The summed E-state index contributed by atoms with van der Waals surface area (Å²) in [5.74, 6) is -2.43. The van der Waals surface area contributed by atoms with E-state index in [1.165, 1.54) is 6.07 Å². The maximum Gasteiger partial charge on any atom is 0.336 e. The van der Waals surface area contributed by atoms with Gasteiger partial charge in [-0.1, -0.05) is 25.0 Å². The summed E-state index contributed by atoms with van der Waals surface area (Å²) in [5, 5.41) is 26.8. The second-order valence-electron chi connectivity index (χ2n) is 4.34. The monoisotopic (exact) mass is 266 g/mol. The van der Waals surface area contributed by atoms with Gasteiger partial charge in [0, 0.05) is 6.61 Å². The van der Waals surface area contributed by atoms with E-state index in [4.69, 9.17) is 15.3 Å². The number of carboxylic acid groups (broad SMARTS) is 2. The van der Waals surface area contributed by atoms with Gasteiger partial charge in [-0.05, 0) is 30.9 Å². The molecule has 0 aliphatic carbocycles. The molecule has 1 rings (SSSR count). The van der Waals surface area contributed by atoms with Crippen molar-refractivity contribution in [1.29, 1.82) is 0 Å². The second-order valence-corrected chi connectivity index (χ2v) is 4.34. The summed E-state index contributed by atoms with van der Waals surface area (Å²) < 4.78 is 0. The van der Waals surface area contributed by atoms with E-state index < -0.39 is 11.9 Å². The molecule has 0 radical (unpaired) electrons. The van der Waals surface area contributed by atoms with Crippen LogP contribution in [-0.4, -0.2) is 33.9 Å². The Morgan fingerprint density at radius 1 is 0.947 bits per heavy atom. The largest absolute Gasteiger partial charge is 0.478 e. The van der Waals surface area contributed by atoms with E-state index in [1.54, 1.807) is 12.1 Å². The Bertz CT molecular complexity index is 453. The molecule has 5 nitrogen and oxygen atoms in total. The number of hydrogen-bond acceptors (Lipinski definition) is 3. The summed E-state index contributed by atoms with van der Waals surface area (Å²) in [4.78, 5) is 22.2. The highest BCUT2D eigenvalue weighted by Crippen LogP contribution is 2.18. The van der Waals surface area contributed by atoms with Gasteiger partial charge >= 0.3 is 11.9 Å². The highest BCUT2D eigenvalue weighted by atomic mass is 16.4. The number of aliphatic hydroxyl groups is 1. The van der Waals surface area contributed by atoms with Crippen molar-refractivity contribution in [3.63, 3.8) is 0 Å². The molecule has 0 saturated carbocycles. The van der Waals surface area contributed by atoms with E-state index in [2.05, 4.69) is 0 Å². The minimum atomic E-state index is -1.22.